The van der Waals surface area contributed by atoms with E-state index in [4.69, 9.17) is 9.47 Å². The first-order valence-corrected chi connectivity index (χ1v) is 8.68. The average molecular weight is 325 g/mol. The van der Waals surface area contributed by atoms with E-state index in [1.165, 1.54) is 18.4 Å². The van der Waals surface area contributed by atoms with Crippen molar-refractivity contribution in [3.05, 3.63) is 54.1 Å². The molecule has 2 aliphatic heterocycles. The summed E-state index contributed by atoms with van der Waals surface area (Å²) in [6.07, 6.45) is 2.41. The molecule has 2 aliphatic rings. The van der Waals surface area contributed by atoms with Gasteiger partial charge in [-0.25, -0.2) is 0 Å². The Balaban J connectivity index is 1.39. The van der Waals surface area contributed by atoms with Gasteiger partial charge >= 0.3 is 0 Å². The van der Waals surface area contributed by atoms with Crippen molar-refractivity contribution < 1.29 is 14.6 Å². The van der Waals surface area contributed by atoms with Crippen molar-refractivity contribution in [3.8, 4) is 17.2 Å². The number of rotatable bonds is 3. The van der Waals surface area contributed by atoms with E-state index in [9.17, 15) is 5.11 Å². The molecule has 2 unspecified atom stereocenters. The number of para-hydroxylation sites is 2. The summed E-state index contributed by atoms with van der Waals surface area (Å²) < 4.78 is 11.9. The fraction of sp³-hybridized carbons (Fsp3) is 0.400. The van der Waals surface area contributed by atoms with Gasteiger partial charge in [-0.2, -0.15) is 0 Å². The summed E-state index contributed by atoms with van der Waals surface area (Å²) in [6, 6.07) is 15.5. The van der Waals surface area contributed by atoms with Gasteiger partial charge in [-0.05, 0) is 55.1 Å². The van der Waals surface area contributed by atoms with E-state index >= 15 is 0 Å². The summed E-state index contributed by atoms with van der Waals surface area (Å²) in [7, 11) is 0. The smallest absolute Gasteiger partial charge is 0.161 e. The highest BCUT2D eigenvalue weighted by Crippen LogP contribution is 2.32. The molecule has 2 atom stereocenters. The molecule has 0 aromatic heterocycles. The Morgan fingerprint density at radius 1 is 1.08 bits per heavy atom. The molecule has 2 aromatic rings. The summed E-state index contributed by atoms with van der Waals surface area (Å²) in [5.74, 6) is 2.51. The number of ether oxygens (including phenoxy) is 2. The third-order valence-electron chi connectivity index (χ3n) is 4.88. The average Bonchev–Trinajstić information content (AvgIpc) is 2.62. The Labute approximate surface area is 142 Å². The Bertz CT molecular complexity index is 703. The van der Waals surface area contributed by atoms with Crippen LogP contribution in [0.4, 0.5) is 0 Å². The van der Waals surface area contributed by atoms with Crippen LogP contribution in [0.5, 0.6) is 17.2 Å². The van der Waals surface area contributed by atoms with Gasteiger partial charge in [0.05, 0.1) is 0 Å². The van der Waals surface area contributed by atoms with Gasteiger partial charge in [0.15, 0.2) is 11.5 Å². The highest BCUT2D eigenvalue weighted by atomic mass is 16.6. The lowest BCUT2D eigenvalue weighted by Crippen LogP contribution is -2.44. The molecule has 4 heteroatoms. The summed E-state index contributed by atoms with van der Waals surface area (Å²) in [5.41, 5.74) is 1.23. The highest BCUT2D eigenvalue weighted by molar-refractivity contribution is 5.40. The molecule has 0 aliphatic carbocycles. The van der Waals surface area contributed by atoms with Crippen LogP contribution < -0.4 is 9.47 Å². The number of likely N-dealkylation sites (tertiary alicyclic amines) is 1. The zero-order chi connectivity index (χ0) is 16.4. The van der Waals surface area contributed by atoms with Crippen molar-refractivity contribution >= 4 is 0 Å². The van der Waals surface area contributed by atoms with E-state index in [0.29, 0.717) is 18.3 Å². The lowest BCUT2D eigenvalue weighted by Gasteiger charge is -2.36. The van der Waals surface area contributed by atoms with Gasteiger partial charge in [0.2, 0.25) is 0 Å². The number of phenolic OH excluding ortho intramolecular Hbond substituents is 1. The van der Waals surface area contributed by atoms with Crippen LogP contribution in [0.15, 0.2) is 48.5 Å². The van der Waals surface area contributed by atoms with Gasteiger partial charge < -0.3 is 14.6 Å². The molecule has 1 N–H and O–H groups in total. The number of hydrogen-bond acceptors (Lipinski definition) is 4. The third-order valence-corrected chi connectivity index (χ3v) is 4.88. The molecule has 1 fully saturated rings. The molecule has 2 aromatic carbocycles. The molecule has 0 amide bonds. The molecular formula is C20H23NO3. The van der Waals surface area contributed by atoms with Crippen molar-refractivity contribution in [2.24, 2.45) is 0 Å². The second kappa shape index (κ2) is 6.73. The summed E-state index contributed by atoms with van der Waals surface area (Å²) in [4.78, 5) is 2.46. The SMILES string of the molecule is Oc1cccc(C2CCCN(CC3COc4ccccc4O3)C2)c1. The molecule has 0 radical (unpaired) electrons. The lowest BCUT2D eigenvalue weighted by molar-refractivity contribution is 0.0504. The molecule has 0 saturated carbocycles. The summed E-state index contributed by atoms with van der Waals surface area (Å²) >= 11 is 0. The third kappa shape index (κ3) is 3.34. The van der Waals surface area contributed by atoms with Crippen LogP contribution in [0.2, 0.25) is 0 Å². The fourth-order valence-corrected chi connectivity index (χ4v) is 3.71. The molecule has 24 heavy (non-hydrogen) atoms. The first-order chi connectivity index (χ1) is 11.8. The maximum atomic E-state index is 9.71. The zero-order valence-electron chi connectivity index (χ0n) is 13.7. The Morgan fingerprint density at radius 2 is 1.96 bits per heavy atom. The van der Waals surface area contributed by atoms with Crippen molar-refractivity contribution in [1.82, 2.24) is 4.90 Å². The first kappa shape index (κ1) is 15.3. The van der Waals surface area contributed by atoms with Crippen LogP contribution in [-0.2, 0) is 0 Å². The van der Waals surface area contributed by atoms with Crippen molar-refractivity contribution in [3.63, 3.8) is 0 Å². The van der Waals surface area contributed by atoms with Gasteiger partial charge in [-0.1, -0.05) is 24.3 Å². The largest absolute Gasteiger partial charge is 0.508 e. The maximum absolute atomic E-state index is 9.71. The van der Waals surface area contributed by atoms with Gasteiger partial charge in [0.1, 0.15) is 18.5 Å². The molecule has 0 spiro atoms. The fourth-order valence-electron chi connectivity index (χ4n) is 3.71. The molecule has 2 heterocycles. The van der Waals surface area contributed by atoms with Crippen LogP contribution >= 0.6 is 0 Å². The van der Waals surface area contributed by atoms with Crippen molar-refractivity contribution in [2.45, 2.75) is 24.9 Å². The minimum Gasteiger partial charge on any atom is -0.508 e. The zero-order valence-corrected chi connectivity index (χ0v) is 13.7. The van der Waals surface area contributed by atoms with E-state index in [1.807, 2.05) is 36.4 Å². The van der Waals surface area contributed by atoms with E-state index in [0.717, 1.165) is 31.1 Å². The molecular weight excluding hydrogens is 302 g/mol. The maximum Gasteiger partial charge on any atom is 0.161 e. The molecule has 4 rings (SSSR count). The first-order valence-electron chi connectivity index (χ1n) is 8.68. The van der Waals surface area contributed by atoms with Crippen LogP contribution in [0.1, 0.15) is 24.3 Å². The minimum absolute atomic E-state index is 0.0721. The monoisotopic (exact) mass is 325 g/mol. The lowest BCUT2D eigenvalue weighted by atomic mass is 9.90. The number of fused-ring (bicyclic) bond motifs is 1. The summed E-state index contributed by atoms with van der Waals surface area (Å²) in [6.45, 7) is 3.58. The Kier molecular flexibility index (Phi) is 4.30. The van der Waals surface area contributed by atoms with Gasteiger partial charge in [-0.15, -0.1) is 0 Å². The minimum atomic E-state index is 0.0721. The van der Waals surface area contributed by atoms with E-state index < -0.39 is 0 Å². The van der Waals surface area contributed by atoms with Crippen molar-refractivity contribution in [2.75, 3.05) is 26.2 Å². The van der Waals surface area contributed by atoms with E-state index in [-0.39, 0.29) is 6.10 Å². The highest BCUT2D eigenvalue weighted by Gasteiger charge is 2.27. The number of hydrogen-bond donors (Lipinski definition) is 1. The second-order valence-electron chi connectivity index (χ2n) is 6.69. The molecule has 126 valence electrons. The quantitative estimate of drug-likeness (QED) is 0.939. The predicted octanol–water partition coefficient (Wildman–Crippen LogP) is 3.41. The van der Waals surface area contributed by atoms with E-state index in [2.05, 4.69) is 11.0 Å². The Morgan fingerprint density at radius 3 is 2.83 bits per heavy atom. The van der Waals surface area contributed by atoms with Crippen LogP contribution in [0.3, 0.4) is 0 Å². The van der Waals surface area contributed by atoms with E-state index in [1.54, 1.807) is 6.07 Å². The second-order valence-corrected chi connectivity index (χ2v) is 6.69. The van der Waals surface area contributed by atoms with Gasteiger partial charge in [-0.3, -0.25) is 4.90 Å². The Hall–Kier alpha value is -2.20. The molecule has 0 bridgehead atoms. The van der Waals surface area contributed by atoms with Gasteiger partial charge in [0, 0.05) is 13.1 Å². The number of phenols is 1. The topological polar surface area (TPSA) is 41.9 Å². The molecule has 4 nitrogen and oxygen atoms in total. The van der Waals surface area contributed by atoms with Crippen LogP contribution in [-0.4, -0.2) is 42.4 Å². The number of benzene rings is 2. The number of aromatic hydroxyl groups is 1. The summed E-state index contributed by atoms with van der Waals surface area (Å²) in [5, 5.41) is 9.71. The van der Waals surface area contributed by atoms with Crippen LogP contribution in [0, 0.1) is 0 Å². The normalized spacial score (nSPS) is 23.8. The predicted molar refractivity (Wildman–Crippen MR) is 92.9 cm³/mol. The standard InChI is InChI=1S/C20H23NO3/c22-17-7-3-5-15(11-17)16-6-4-10-21(12-16)13-18-14-23-19-8-1-2-9-20(19)24-18/h1-3,5,7-9,11,16,18,22H,4,6,10,12-14H2. The van der Waals surface area contributed by atoms with Crippen molar-refractivity contribution in [1.29, 1.82) is 0 Å². The number of nitrogens with zero attached hydrogens (tertiary/aromatic N) is 1. The van der Waals surface area contributed by atoms with Gasteiger partial charge in [0.25, 0.3) is 0 Å². The number of piperidine rings is 1. The van der Waals surface area contributed by atoms with Crippen LogP contribution in [0.25, 0.3) is 0 Å². The molecule has 1 saturated heterocycles.